The van der Waals surface area contributed by atoms with Gasteiger partial charge in [0, 0.05) is 18.8 Å². The van der Waals surface area contributed by atoms with Gasteiger partial charge in [-0.25, -0.2) is 4.98 Å². The summed E-state index contributed by atoms with van der Waals surface area (Å²) in [6.45, 7) is 4.79. The second kappa shape index (κ2) is 8.53. The fourth-order valence-electron chi connectivity index (χ4n) is 3.88. The van der Waals surface area contributed by atoms with E-state index in [1.165, 1.54) is 12.0 Å². The van der Waals surface area contributed by atoms with Gasteiger partial charge in [-0.1, -0.05) is 42.0 Å². The number of nitrogens with one attached hydrogen (secondary N) is 1. The summed E-state index contributed by atoms with van der Waals surface area (Å²) in [5.41, 5.74) is 4.44. The minimum atomic E-state index is -0.252. The van der Waals surface area contributed by atoms with E-state index in [-0.39, 0.29) is 17.7 Å². The molecule has 1 aliphatic heterocycles. The second-order valence-electron chi connectivity index (χ2n) is 7.79. The van der Waals surface area contributed by atoms with Crippen LogP contribution in [0.2, 0.25) is 0 Å². The minimum absolute atomic E-state index is 0.0641. The number of piperidine rings is 1. The van der Waals surface area contributed by atoms with E-state index < -0.39 is 0 Å². The number of likely N-dealkylation sites (tertiary alicyclic amines) is 1. The first kappa shape index (κ1) is 19.9. The van der Waals surface area contributed by atoms with Gasteiger partial charge in [0.2, 0.25) is 5.91 Å². The highest BCUT2D eigenvalue weighted by molar-refractivity contribution is 5.96. The molecule has 6 heteroatoms. The van der Waals surface area contributed by atoms with Gasteiger partial charge >= 0.3 is 0 Å². The number of oxazole rings is 1. The van der Waals surface area contributed by atoms with Gasteiger partial charge in [0.15, 0.2) is 12.1 Å². The molecule has 0 radical (unpaired) electrons. The summed E-state index contributed by atoms with van der Waals surface area (Å²) in [4.78, 5) is 31.3. The lowest BCUT2D eigenvalue weighted by molar-refractivity contribution is -0.121. The van der Waals surface area contributed by atoms with Gasteiger partial charge in [0.25, 0.3) is 5.91 Å². The van der Waals surface area contributed by atoms with Gasteiger partial charge in [-0.05, 0) is 49.9 Å². The smallest absolute Gasteiger partial charge is 0.276 e. The molecule has 0 spiro atoms. The van der Waals surface area contributed by atoms with Crippen molar-refractivity contribution in [1.82, 2.24) is 9.88 Å². The summed E-state index contributed by atoms with van der Waals surface area (Å²) < 4.78 is 5.15. The Labute approximate surface area is 175 Å². The number of benzene rings is 2. The van der Waals surface area contributed by atoms with Gasteiger partial charge in [-0.3, -0.25) is 9.59 Å². The molecule has 1 N–H and O–H groups in total. The molecule has 1 fully saturated rings. The first-order chi connectivity index (χ1) is 14.5. The third-order valence-electron chi connectivity index (χ3n) is 5.51. The Morgan fingerprint density at radius 1 is 1.10 bits per heavy atom. The van der Waals surface area contributed by atoms with E-state index in [1.54, 1.807) is 11.8 Å². The quantitative estimate of drug-likeness (QED) is 0.698. The van der Waals surface area contributed by atoms with E-state index >= 15 is 0 Å². The van der Waals surface area contributed by atoms with Crippen molar-refractivity contribution in [3.8, 4) is 11.1 Å². The molecule has 30 heavy (non-hydrogen) atoms. The predicted molar refractivity (Wildman–Crippen MR) is 115 cm³/mol. The molecule has 0 bridgehead atoms. The maximum Gasteiger partial charge on any atom is 0.276 e. The Kier molecular flexibility index (Phi) is 5.65. The van der Waals surface area contributed by atoms with Crippen LogP contribution >= 0.6 is 0 Å². The number of anilines is 1. The van der Waals surface area contributed by atoms with Crippen LogP contribution in [0.1, 0.15) is 34.7 Å². The summed E-state index contributed by atoms with van der Waals surface area (Å²) in [6.07, 6.45) is 2.81. The average molecular weight is 403 g/mol. The van der Waals surface area contributed by atoms with Crippen LogP contribution in [0.25, 0.3) is 11.1 Å². The molecule has 0 aliphatic carbocycles. The van der Waals surface area contributed by atoms with Crippen LogP contribution in [0.4, 0.5) is 5.69 Å². The molecular formula is C24H25N3O3. The lowest BCUT2D eigenvalue weighted by Gasteiger charge is -2.31. The minimum Gasteiger partial charge on any atom is -0.448 e. The molecule has 2 heterocycles. The van der Waals surface area contributed by atoms with E-state index in [4.69, 9.17) is 4.42 Å². The highest BCUT2D eigenvalue weighted by Gasteiger charge is 2.30. The van der Waals surface area contributed by atoms with E-state index in [2.05, 4.69) is 35.4 Å². The van der Waals surface area contributed by atoms with Crippen molar-refractivity contribution in [2.24, 2.45) is 5.92 Å². The number of carbonyl (C=O) groups is 2. The van der Waals surface area contributed by atoms with Crippen molar-refractivity contribution in [2.75, 3.05) is 18.4 Å². The molecular weight excluding hydrogens is 378 g/mol. The number of nitrogens with zero attached hydrogens (tertiary/aromatic N) is 2. The summed E-state index contributed by atoms with van der Waals surface area (Å²) in [5.74, 6) is 0.00281. The summed E-state index contributed by atoms with van der Waals surface area (Å²) in [5, 5.41) is 3.03. The molecule has 6 nitrogen and oxygen atoms in total. The molecule has 1 atom stereocenters. The lowest BCUT2D eigenvalue weighted by Crippen LogP contribution is -2.44. The van der Waals surface area contributed by atoms with Crippen molar-refractivity contribution in [3.05, 3.63) is 71.9 Å². The maximum atomic E-state index is 12.9. The molecule has 1 aliphatic rings. The van der Waals surface area contributed by atoms with Gasteiger partial charge in [0.1, 0.15) is 5.76 Å². The van der Waals surface area contributed by atoms with E-state index in [0.717, 1.165) is 29.7 Å². The summed E-state index contributed by atoms with van der Waals surface area (Å²) >= 11 is 0. The van der Waals surface area contributed by atoms with Crippen molar-refractivity contribution in [3.63, 3.8) is 0 Å². The van der Waals surface area contributed by atoms with E-state index in [0.29, 0.717) is 24.5 Å². The Morgan fingerprint density at radius 2 is 1.87 bits per heavy atom. The summed E-state index contributed by atoms with van der Waals surface area (Å²) in [7, 11) is 0. The van der Waals surface area contributed by atoms with Crippen LogP contribution < -0.4 is 5.32 Å². The monoisotopic (exact) mass is 403 g/mol. The van der Waals surface area contributed by atoms with Crippen molar-refractivity contribution >= 4 is 17.5 Å². The number of aryl methyl sites for hydroxylation is 2. The number of rotatable bonds is 4. The number of carbonyl (C=O) groups excluding carboxylic acids is 2. The van der Waals surface area contributed by atoms with E-state index in [9.17, 15) is 9.59 Å². The number of aromatic nitrogens is 1. The van der Waals surface area contributed by atoms with Crippen LogP contribution in [0.3, 0.4) is 0 Å². The zero-order valence-electron chi connectivity index (χ0n) is 17.2. The molecule has 2 amide bonds. The normalized spacial score (nSPS) is 16.3. The van der Waals surface area contributed by atoms with Gasteiger partial charge in [-0.2, -0.15) is 0 Å². The fraction of sp³-hybridized carbons (Fsp3) is 0.292. The third-order valence-corrected chi connectivity index (χ3v) is 5.51. The first-order valence-corrected chi connectivity index (χ1v) is 10.2. The van der Waals surface area contributed by atoms with Crippen molar-refractivity contribution < 1.29 is 14.0 Å². The molecule has 1 aromatic heterocycles. The average Bonchev–Trinajstić information content (AvgIpc) is 3.19. The Morgan fingerprint density at radius 3 is 2.60 bits per heavy atom. The van der Waals surface area contributed by atoms with E-state index in [1.807, 2.05) is 30.3 Å². The first-order valence-electron chi connectivity index (χ1n) is 10.2. The molecule has 4 rings (SSSR count). The molecule has 0 saturated carbocycles. The van der Waals surface area contributed by atoms with Crippen LogP contribution in [-0.2, 0) is 4.79 Å². The number of hydrogen-bond acceptors (Lipinski definition) is 4. The predicted octanol–water partition coefficient (Wildman–Crippen LogP) is 4.45. The molecule has 3 aromatic rings. The van der Waals surface area contributed by atoms with Gasteiger partial charge in [-0.15, -0.1) is 0 Å². The third kappa shape index (κ3) is 4.27. The molecule has 1 unspecified atom stereocenters. The number of hydrogen-bond donors (Lipinski definition) is 1. The highest BCUT2D eigenvalue weighted by atomic mass is 16.3. The molecule has 154 valence electrons. The molecule has 1 saturated heterocycles. The van der Waals surface area contributed by atoms with Gasteiger partial charge in [0.05, 0.1) is 5.92 Å². The fourth-order valence-corrected chi connectivity index (χ4v) is 3.88. The molecule has 2 aromatic carbocycles. The standard InChI is InChI=1S/C24H25N3O3/c1-16-6-3-7-18(12-16)19-8-4-10-21(13-19)26-23(28)20-9-5-11-27(14-20)24(29)22-17(2)30-15-25-22/h3-4,6-8,10,12-13,15,20H,5,9,11,14H2,1-2H3,(H,26,28). The zero-order chi connectivity index (χ0) is 21.1. The Hall–Kier alpha value is -3.41. The van der Waals surface area contributed by atoms with Crippen LogP contribution in [-0.4, -0.2) is 34.8 Å². The van der Waals surface area contributed by atoms with Crippen LogP contribution in [0.15, 0.2) is 59.3 Å². The summed E-state index contributed by atoms with van der Waals surface area (Å²) in [6, 6.07) is 16.1. The maximum absolute atomic E-state index is 12.9. The number of amides is 2. The van der Waals surface area contributed by atoms with Crippen molar-refractivity contribution in [1.29, 1.82) is 0 Å². The zero-order valence-corrected chi connectivity index (χ0v) is 17.2. The second-order valence-corrected chi connectivity index (χ2v) is 7.79. The highest BCUT2D eigenvalue weighted by Crippen LogP contribution is 2.25. The van der Waals surface area contributed by atoms with Crippen LogP contribution in [0, 0.1) is 19.8 Å². The Bertz CT molecular complexity index is 1070. The SMILES string of the molecule is Cc1cccc(-c2cccc(NC(=O)C3CCCN(C(=O)c4ncoc4C)C3)c2)c1. The van der Waals surface area contributed by atoms with Crippen molar-refractivity contribution in [2.45, 2.75) is 26.7 Å². The van der Waals surface area contributed by atoms with Gasteiger partial charge < -0.3 is 14.6 Å². The largest absolute Gasteiger partial charge is 0.448 e. The topological polar surface area (TPSA) is 75.4 Å². The van der Waals surface area contributed by atoms with Crippen LogP contribution in [0.5, 0.6) is 0 Å². The Balaban J connectivity index is 1.44. The lowest BCUT2D eigenvalue weighted by atomic mass is 9.96.